The Bertz CT molecular complexity index is 427. The van der Waals surface area contributed by atoms with Crippen molar-refractivity contribution in [2.24, 2.45) is 11.1 Å². The highest BCUT2D eigenvalue weighted by Crippen LogP contribution is 2.37. The van der Waals surface area contributed by atoms with E-state index in [1.807, 2.05) is 0 Å². The van der Waals surface area contributed by atoms with Crippen molar-refractivity contribution < 1.29 is 0 Å². The first-order chi connectivity index (χ1) is 8.93. The largest absolute Gasteiger partial charge is 0.372 e. The molecule has 0 atom stereocenters. The van der Waals surface area contributed by atoms with Gasteiger partial charge < -0.3 is 10.6 Å². The highest BCUT2D eigenvalue weighted by Gasteiger charge is 2.28. The molecule has 0 amide bonds. The van der Waals surface area contributed by atoms with E-state index in [0.717, 1.165) is 0 Å². The summed E-state index contributed by atoms with van der Waals surface area (Å²) in [5.41, 5.74) is 10.2. The van der Waals surface area contributed by atoms with Crippen LogP contribution in [0.1, 0.15) is 50.7 Å². The van der Waals surface area contributed by atoms with E-state index in [1.54, 1.807) is 0 Å². The number of rotatable bonds is 3. The van der Waals surface area contributed by atoms with Gasteiger partial charge in [-0.1, -0.05) is 19.9 Å². The van der Waals surface area contributed by atoms with Gasteiger partial charge in [0.05, 0.1) is 0 Å². The lowest BCUT2D eigenvalue weighted by molar-refractivity contribution is 0.222. The smallest absolute Gasteiger partial charge is 0.0368 e. The van der Waals surface area contributed by atoms with Gasteiger partial charge in [0.25, 0.3) is 0 Å². The number of anilines is 1. The molecule has 0 bridgehead atoms. The minimum atomic E-state index is 0.538. The fraction of sp³-hybridized carbons (Fsp3) is 0.647. The Hall–Kier alpha value is -1.02. The molecule has 0 heterocycles. The number of nitrogens with zero attached hydrogens (tertiary/aromatic N) is 1. The van der Waals surface area contributed by atoms with Crippen LogP contribution < -0.4 is 10.6 Å². The summed E-state index contributed by atoms with van der Waals surface area (Å²) in [6, 6.07) is 7.36. The van der Waals surface area contributed by atoms with E-state index >= 15 is 0 Å². The van der Waals surface area contributed by atoms with Crippen molar-refractivity contribution in [3.05, 3.63) is 29.3 Å². The van der Waals surface area contributed by atoms with E-state index in [2.05, 4.69) is 50.9 Å². The molecule has 0 aromatic heterocycles. The summed E-state index contributed by atoms with van der Waals surface area (Å²) in [6.07, 6.45) is 5.28. The van der Waals surface area contributed by atoms with Crippen LogP contribution in [0.2, 0.25) is 0 Å². The molecule has 0 unspecified atom stereocenters. The molecule has 2 heteroatoms. The molecule has 1 aromatic rings. The molecule has 2 rings (SSSR count). The fourth-order valence-electron chi connectivity index (χ4n) is 3.11. The highest BCUT2D eigenvalue weighted by atomic mass is 15.1. The van der Waals surface area contributed by atoms with E-state index in [0.29, 0.717) is 18.0 Å². The summed E-state index contributed by atoms with van der Waals surface area (Å²) in [5, 5.41) is 0. The summed E-state index contributed by atoms with van der Waals surface area (Å²) in [6.45, 7) is 7.57. The predicted octanol–water partition coefficient (Wildman–Crippen LogP) is 3.86. The molecule has 0 aliphatic heterocycles. The third-order valence-electron chi connectivity index (χ3n) is 4.81. The van der Waals surface area contributed by atoms with E-state index in [9.17, 15) is 0 Å². The molecular weight excluding hydrogens is 232 g/mol. The Morgan fingerprint density at radius 3 is 2.42 bits per heavy atom. The standard InChI is InChI=1S/C17H28N2/c1-13-11-16(6-5-14(13)12-18)19(4)15-7-9-17(2,3)10-8-15/h5-6,11,15H,7-10,12,18H2,1-4H3. The third-order valence-corrected chi connectivity index (χ3v) is 4.81. The van der Waals surface area contributed by atoms with Crippen LogP contribution in [0.4, 0.5) is 5.69 Å². The van der Waals surface area contributed by atoms with Crippen LogP contribution >= 0.6 is 0 Å². The molecule has 1 saturated carbocycles. The van der Waals surface area contributed by atoms with Crippen molar-refractivity contribution in [2.75, 3.05) is 11.9 Å². The van der Waals surface area contributed by atoms with Crippen LogP contribution in [0.3, 0.4) is 0 Å². The summed E-state index contributed by atoms with van der Waals surface area (Å²) in [7, 11) is 2.24. The zero-order valence-corrected chi connectivity index (χ0v) is 12.9. The van der Waals surface area contributed by atoms with Gasteiger partial charge in [-0.2, -0.15) is 0 Å². The van der Waals surface area contributed by atoms with Gasteiger partial charge in [0, 0.05) is 25.3 Å². The first-order valence-electron chi connectivity index (χ1n) is 7.45. The number of hydrogen-bond donors (Lipinski definition) is 1. The average Bonchev–Trinajstić information content (AvgIpc) is 2.38. The molecular formula is C17H28N2. The van der Waals surface area contributed by atoms with Gasteiger partial charge in [0.2, 0.25) is 0 Å². The lowest BCUT2D eigenvalue weighted by Crippen LogP contribution is -2.37. The number of aryl methyl sites for hydroxylation is 1. The Labute approximate surface area is 118 Å². The van der Waals surface area contributed by atoms with Gasteiger partial charge in [-0.25, -0.2) is 0 Å². The minimum absolute atomic E-state index is 0.538. The molecule has 2 nitrogen and oxygen atoms in total. The van der Waals surface area contributed by atoms with Crippen LogP contribution in [0.25, 0.3) is 0 Å². The van der Waals surface area contributed by atoms with Crippen LogP contribution in [-0.2, 0) is 6.54 Å². The highest BCUT2D eigenvalue weighted by molar-refractivity contribution is 5.51. The van der Waals surface area contributed by atoms with Crippen molar-refractivity contribution in [1.29, 1.82) is 0 Å². The number of hydrogen-bond acceptors (Lipinski definition) is 2. The Morgan fingerprint density at radius 2 is 1.89 bits per heavy atom. The van der Waals surface area contributed by atoms with Gasteiger partial charge in [-0.15, -0.1) is 0 Å². The van der Waals surface area contributed by atoms with Gasteiger partial charge in [-0.05, 0) is 61.3 Å². The normalized spacial score (nSPS) is 19.4. The third kappa shape index (κ3) is 3.30. The average molecular weight is 260 g/mol. The van der Waals surface area contributed by atoms with Crippen LogP contribution in [-0.4, -0.2) is 13.1 Å². The van der Waals surface area contributed by atoms with E-state index in [1.165, 1.54) is 42.5 Å². The molecule has 2 N–H and O–H groups in total. The van der Waals surface area contributed by atoms with E-state index < -0.39 is 0 Å². The molecule has 1 aromatic carbocycles. The monoisotopic (exact) mass is 260 g/mol. The zero-order valence-electron chi connectivity index (χ0n) is 12.9. The SMILES string of the molecule is Cc1cc(N(C)C2CCC(C)(C)CC2)ccc1CN. The van der Waals surface area contributed by atoms with Crippen molar-refractivity contribution in [3.8, 4) is 0 Å². The van der Waals surface area contributed by atoms with Crippen LogP contribution in [0.5, 0.6) is 0 Å². The van der Waals surface area contributed by atoms with Crippen LogP contribution in [0, 0.1) is 12.3 Å². The number of benzene rings is 1. The molecule has 0 radical (unpaired) electrons. The molecule has 106 valence electrons. The maximum Gasteiger partial charge on any atom is 0.0368 e. The number of nitrogens with two attached hydrogens (primary N) is 1. The van der Waals surface area contributed by atoms with Gasteiger partial charge >= 0.3 is 0 Å². The van der Waals surface area contributed by atoms with Gasteiger partial charge in [-0.3, -0.25) is 0 Å². The first-order valence-corrected chi connectivity index (χ1v) is 7.45. The lowest BCUT2D eigenvalue weighted by Gasteiger charge is -2.39. The van der Waals surface area contributed by atoms with Crippen LogP contribution in [0.15, 0.2) is 18.2 Å². The Morgan fingerprint density at radius 1 is 1.26 bits per heavy atom. The van der Waals surface area contributed by atoms with Crippen molar-refractivity contribution >= 4 is 5.69 Å². The molecule has 19 heavy (non-hydrogen) atoms. The summed E-state index contributed by atoms with van der Waals surface area (Å²) in [5.74, 6) is 0. The molecule has 1 aliphatic carbocycles. The maximum atomic E-state index is 5.74. The molecule has 0 spiro atoms. The molecule has 0 saturated heterocycles. The quantitative estimate of drug-likeness (QED) is 0.894. The Balaban J connectivity index is 2.08. The van der Waals surface area contributed by atoms with E-state index in [4.69, 9.17) is 5.73 Å². The first kappa shape index (κ1) is 14.4. The lowest BCUT2D eigenvalue weighted by atomic mass is 9.75. The minimum Gasteiger partial charge on any atom is -0.372 e. The fourth-order valence-corrected chi connectivity index (χ4v) is 3.11. The summed E-state index contributed by atoms with van der Waals surface area (Å²) < 4.78 is 0. The van der Waals surface area contributed by atoms with Crippen molar-refractivity contribution in [1.82, 2.24) is 0 Å². The van der Waals surface area contributed by atoms with Crippen molar-refractivity contribution in [2.45, 2.75) is 59.0 Å². The molecule has 1 fully saturated rings. The van der Waals surface area contributed by atoms with Crippen molar-refractivity contribution in [3.63, 3.8) is 0 Å². The second-order valence-electron chi connectivity index (χ2n) is 6.82. The topological polar surface area (TPSA) is 29.3 Å². The molecule has 1 aliphatic rings. The predicted molar refractivity (Wildman–Crippen MR) is 83.5 cm³/mol. The van der Waals surface area contributed by atoms with Gasteiger partial charge in [0.15, 0.2) is 0 Å². The second-order valence-corrected chi connectivity index (χ2v) is 6.82. The summed E-state index contributed by atoms with van der Waals surface area (Å²) in [4.78, 5) is 2.46. The maximum absolute atomic E-state index is 5.74. The zero-order chi connectivity index (χ0) is 14.0. The second kappa shape index (κ2) is 5.54. The van der Waals surface area contributed by atoms with E-state index in [-0.39, 0.29) is 0 Å². The summed E-state index contributed by atoms with van der Waals surface area (Å²) >= 11 is 0. The van der Waals surface area contributed by atoms with Gasteiger partial charge in [0.1, 0.15) is 0 Å². The Kier molecular flexibility index (Phi) is 4.19.